The van der Waals surface area contributed by atoms with Gasteiger partial charge in [0.15, 0.2) is 5.78 Å². The van der Waals surface area contributed by atoms with E-state index in [0.29, 0.717) is 6.42 Å². The number of ketones is 1. The Balaban J connectivity index is 1.27. The number of carbonyl (C=O) groups is 1. The summed E-state index contributed by atoms with van der Waals surface area (Å²) in [7, 11) is 0. The molecule has 1 heterocycles. The summed E-state index contributed by atoms with van der Waals surface area (Å²) in [5.74, 6) is -0.0382. The third kappa shape index (κ3) is 6.84. The first-order chi connectivity index (χ1) is 14.1. The van der Waals surface area contributed by atoms with E-state index in [0.717, 1.165) is 70.5 Å². The highest BCUT2D eigenvalue weighted by Crippen LogP contribution is 2.20. The summed E-state index contributed by atoms with van der Waals surface area (Å²) >= 11 is 0. The number of para-hydroxylation sites is 1. The number of rotatable bonds is 10. The van der Waals surface area contributed by atoms with Crippen LogP contribution < -0.4 is 4.74 Å². The molecule has 1 aliphatic heterocycles. The van der Waals surface area contributed by atoms with Crippen molar-refractivity contribution in [2.24, 2.45) is 0 Å². The molecular weight excluding hydrogens is 371 g/mol. The first-order valence-corrected chi connectivity index (χ1v) is 10.3. The maximum atomic E-state index is 13.0. The Kier molecular flexibility index (Phi) is 8.02. The number of halogens is 1. The van der Waals surface area contributed by atoms with Crippen LogP contribution in [0.15, 0.2) is 48.5 Å². The lowest BCUT2D eigenvalue weighted by molar-refractivity contribution is 0.0957. The van der Waals surface area contributed by atoms with Gasteiger partial charge in [-0.3, -0.25) is 4.79 Å². The molecule has 1 aliphatic rings. The van der Waals surface area contributed by atoms with Gasteiger partial charge in [0, 0.05) is 45.2 Å². The molecule has 0 radical (unpaired) electrons. The zero-order valence-electron chi connectivity index (χ0n) is 16.7. The van der Waals surface area contributed by atoms with E-state index >= 15 is 0 Å². The Bertz CT molecular complexity index is 777. The number of carbonyl (C=O) groups excluding carboxylic acids is 1. The standard InChI is InChI=1S/C23H29FN2O3/c24-19-9-10-21(23(28)18-19)22(27)8-4-11-25-13-15-26(16-14-25)12-5-17-29-20-6-2-1-3-7-20/h1-3,6-7,9-10,18,28H,4-5,8,11-17H2. The van der Waals surface area contributed by atoms with Crippen LogP contribution in [0.4, 0.5) is 4.39 Å². The quantitative estimate of drug-likeness (QED) is 0.488. The molecule has 0 spiro atoms. The van der Waals surface area contributed by atoms with Gasteiger partial charge < -0.3 is 19.6 Å². The molecule has 2 aromatic carbocycles. The number of aromatic hydroxyl groups is 1. The topological polar surface area (TPSA) is 53.0 Å². The molecule has 1 fully saturated rings. The number of hydrogen-bond acceptors (Lipinski definition) is 5. The highest BCUT2D eigenvalue weighted by atomic mass is 19.1. The van der Waals surface area contributed by atoms with Gasteiger partial charge in [-0.15, -0.1) is 0 Å². The molecule has 156 valence electrons. The van der Waals surface area contributed by atoms with Crippen LogP contribution >= 0.6 is 0 Å². The Morgan fingerprint density at radius 1 is 0.966 bits per heavy atom. The summed E-state index contributed by atoms with van der Waals surface area (Å²) in [4.78, 5) is 17.0. The smallest absolute Gasteiger partial charge is 0.166 e. The summed E-state index contributed by atoms with van der Waals surface area (Å²) in [5.41, 5.74) is 0.203. The van der Waals surface area contributed by atoms with Crippen LogP contribution in [0.3, 0.4) is 0 Å². The van der Waals surface area contributed by atoms with Crippen LogP contribution in [0.5, 0.6) is 11.5 Å². The molecule has 0 aromatic heterocycles. The second-order valence-electron chi connectivity index (χ2n) is 7.39. The van der Waals surface area contributed by atoms with Gasteiger partial charge in [0.2, 0.25) is 0 Å². The van der Waals surface area contributed by atoms with Crippen molar-refractivity contribution >= 4 is 5.78 Å². The number of ether oxygens (including phenoxy) is 1. The summed E-state index contributed by atoms with van der Waals surface area (Å²) in [5, 5.41) is 9.71. The van der Waals surface area contributed by atoms with E-state index in [9.17, 15) is 14.3 Å². The molecule has 6 heteroatoms. The minimum Gasteiger partial charge on any atom is -0.507 e. The Morgan fingerprint density at radius 3 is 2.28 bits per heavy atom. The number of phenols is 1. The lowest BCUT2D eigenvalue weighted by Crippen LogP contribution is -2.46. The van der Waals surface area contributed by atoms with Gasteiger partial charge >= 0.3 is 0 Å². The summed E-state index contributed by atoms with van der Waals surface area (Å²) in [6.07, 6.45) is 2.10. The van der Waals surface area contributed by atoms with Gasteiger partial charge in [-0.2, -0.15) is 0 Å². The van der Waals surface area contributed by atoms with Gasteiger partial charge in [-0.05, 0) is 43.7 Å². The molecule has 0 bridgehead atoms. The average molecular weight is 400 g/mol. The van der Waals surface area contributed by atoms with Crippen molar-refractivity contribution in [3.05, 3.63) is 59.9 Å². The number of hydrogen-bond donors (Lipinski definition) is 1. The van der Waals surface area contributed by atoms with E-state index in [4.69, 9.17) is 4.74 Å². The summed E-state index contributed by atoms with van der Waals surface area (Å²) in [6.45, 7) is 6.66. The van der Waals surface area contributed by atoms with Crippen LogP contribution in [-0.4, -0.2) is 66.6 Å². The van der Waals surface area contributed by atoms with Gasteiger partial charge in [-0.1, -0.05) is 18.2 Å². The lowest BCUT2D eigenvalue weighted by Gasteiger charge is -2.34. The van der Waals surface area contributed by atoms with E-state index < -0.39 is 5.82 Å². The second-order valence-corrected chi connectivity index (χ2v) is 7.39. The Hall–Kier alpha value is -2.44. The number of benzene rings is 2. The minimum atomic E-state index is -0.538. The van der Waals surface area contributed by atoms with Crippen molar-refractivity contribution in [2.45, 2.75) is 19.3 Å². The maximum absolute atomic E-state index is 13.0. The van der Waals surface area contributed by atoms with Crippen LogP contribution in [0.25, 0.3) is 0 Å². The molecule has 3 rings (SSSR count). The molecular formula is C23H29FN2O3. The molecule has 1 saturated heterocycles. The molecule has 0 unspecified atom stereocenters. The van der Waals surface area contributed by atoms with E-state index in [-0.39, 0.29) is 17.1 Å². The highest BCUT2D eigenvalue weighted by Gasteiger charge is 2.17. The van der Waals surface area contributed by atoms with E-state index in [2.05, 4.69) is 9.80 Å². The van der Waals surface area contributed by atoms with Crippen molar-refractivity contribution in [1.82, 2.24) is 9.80 Å². The van der Waals surface area contributed by atoms with Crippen LogP contribution in [0.2, 0.25) is 0 Å². The largest absolute Gasteiger partial charge is 0.507 e. The molecule has 1 N–H and O–H groups in total. The molecule has 2 aromatic rings. The number of Topliss-reactive ketones (excluding diaryl/α,β-unsaturated/α-hetero) is 1. The average Bonchev–Trinajstić information content (AvgIpc) is 2.73. The molecule has 0 atom stereocenters. The minimum absolute atomic E-state index is 0.139. The van der Waals surface area contributed by atoms with Gasteiger partial charge in [0.05, 0.1) is 12.2 Å². The molecule has 0 saturated carbocycles. The highest BCUT2D eigenvalue weighted by molar-refractivity contribution is 5.98. The third-order valence-electron chi connectivity index (χ3n) is 5.23. The van der Waals surface area contributed by atoms with Crippen molar-refractivity contribution in [3.8, 4) is 11.5 Å². The summed E-state index contributed by atoms with van der Waals surface area (Å²) in [6, 6.07) is 13.4. The van der Waals surface area contributed by atoms with Gasteiger partial charge in [0.25, 0.3) is 0 Å². The fourth-order valence-corrected chi connectivity index (χ4v) is 3.57. The SMILES string of the molecule is O=C(CCCN1CCN(CCCOc2ccccc2)CC1)c1ccc(F)cc1O. The van der Waals surface area contributed by atoms with Gasteiger partial charge in [0.1, 0.15) is 17.3 Å². The second kappa shape index (κ2) is 10.9. The van der Waals surface area contributed by atoms with Crippen LogP contribution in [-0.2, 0) is 0 Å². The fraction of sp³-hybridized carbons (Fsp3) is 0.435. The van der Waals surface area contributed by atoms with E-state index in [1.165, 1.54) is 12.1 Å². The molecule has 5 nitrogen and oxygen atoms in total. The lowest BCUT2D eigenvalue weighted by atomic mass is 10.1. The van der Waals surface area contributed by atoms with E-state index in [1.54, 1.807) is 0 Å². The van der Waals surface area contributed by atoms with Crippen molar-refractivity contribution in [2.75, 3.05) is 45.9 Å². The molecule has 0 amide bonds. The van der Waals surface area contributed by atoms with Crippen molar-refractivity contribution in [1.29, 1.82) is 0 Å². The van der Waals surface area contributed by atoms with Crippen molar-refractivity contribution < 1.29 is 19.0 Å². The molecule has 0 aliphatic carbocycles. The number of phenolic OH excluding ortho intramolecular Hbond substituents is 1. The summed E-state index contributed by atoms with van der Waals surface area (Å²) < 4.78 is 18.8. The van der Waals surface area contributed by atoms with E-state index in [1.807, 2.05) is 30.3 Å². The number of nitrogens with zero attached hydrogens (tertiary/aromatic N) is 2. The van der Waals surface area contributed by atoms with Crippen LogP contribution in [0, 0.1) is 5.82 Å². The zero-order chi connectivity index (χ0) is 20.5. The maximum Gasteiger partial charge on any atom is 0.166 e. The predicted octanol–water partition coefficient (Wildman–Crippen LogP) is 3.58. The first kappa shape index (κ1) is 21.3. The monoisotopic (exact) mass is 400 g/mol. The van der Waals surface area contributed by atoms with Crippen molar-refractivity contribution in [3.63, 3.8) is 0 Å². The van der Waals surface area contributed by atoms with Crippen LogP contribution in [0.1, 0.15) is 29.6 Å². The fourth-order valence-electron chi connectivity index (χ4n) is 3.57. The third-order valence-corrected chi connectivity index (χ3v) is 5.23. The Labute approximate surface area is 171 Å². The molecule has 29 heavy (non-hydrogen) atoms. The normalized spacial score (nSPS) is 15.3. The predicted molar refractivity (Wildman–Crippen MR) is 111 cm³/mol. The zero-order valence-corrected chi connectivity index (χ0v) is 16.7. The van der Waals surface area contributed by atoms with Gasteiger partial charge in [-0.25, -0.2) is 4.39 Å². The number of piperazine rings is 1. The Morgan fingerprint density at radius 2 is 1.62 bits per heavy atom. The first-order valence-electron chi connectivity index (χ1n) is 10.3.